The summed E-state index contributed by atoms with van der Waals surface area (Å²) in [6.45, 7) is 13.3. The summed E-state index contributed by atoms with van der Waals surface area (Å²) >= 11 is 0. The van der Waals surface area contributed by atoms with E-state index >= 15 is 14.2 Å². The number of aryl methyl sites for hydroxylation is 3. The van der Waals surface area contributed by atoms with Crippen LogP contribution in [-0.4, -0.2) is 50.9 Å². The lowest BCUT2D eigenvalue weighted by atomic mass is 9.81. The lowest BCUT2D eigenvalue weighted by Crippen LogP contribution is -2.36. The van der Waals surface area contributed by atoms with Gasteiger partial charge >= 0.3 is 0 Å². The van der Waals surface area contributed by atoms with Gasteiger partial charge in [0.1, 0.15) is 34.1 Å². The van der Waals surface area contributed by atoms with Gasteiger partial charge in [-0.05, 0) is 73.9 Å². The zero-order chi connectivity index (χ0) is 33.9. The molecular formula is C36H45O8P. The molecular weight excluding hydrogens is 591 g/mol. The minimum Gasteiger partial charge on any atom is -0.496 e. The molecule has 9 heteroatoms. The van der Waals surface area contributed by atoms with Crippen LogP contribution in [0.1, 0.15) is 81.9 Å². The second-order valence-electron chi connectivity index (χ2n) is 12.7. The number of rotatable bonds is 13. The standard InChI is InChI=1S/C36H45O8P/c1-21-18-22(2)29(23(3)19-21)32(37)33(24(4)20-36(5,6)7)45(40,34(38)30-25(41-8)14-12-15-26(30)42-9)35(39)31-27(43-10)16-13-17-28(31)44-11/h12-19,24,33H,20H2,1-11H3. The molecule has 3 rings (SSSR count). The Morgan fingerprint density at radius 3 is 1.36 bits per heavy atom. The van der Waals surface area contributed by atoms with Gasteiger partial charge < -0.3 is 23.5 Å². The Hall–Kier alpha value is -3.90. The number of ketones is 1. The average Bonchev–Trinajstić information content (AvgIpc) is 2.97. The van der Waals surface area contributed by atoms with Crippen LogP contribution in [0.2, 0.25) is 0 Å². The van der Waals surface area contributed by atoms with Crippen LogP contribution in [0, 0.1) is 32.1 Å². The molecule has 3 aromatic carbocycles. The molecule has 0 spiro atoms. The Morgan fingerprint density at radius 1 is 0.689 bits per heavy atom. The molecule has 3 aromatic rings. The van der Waals surface area contributed by atoms with Crippen molar-refractivity contribution < 1.29 is 37.9 Å². The molecule has 2 atom stereocenters. The molecule has 0 saturated heterocycles. The molecule has 0 N–H and O–H groups in total. The summed E-state index contributed by atoms with van der Waals surface area (Å²) in [5.41, 5.74) is -1.65. The average molecular weight is 637 g/mol. The fourth-order valence-corrected chi connectivity index (χ4v) is 9.45. The number of carbonyl (C=O) groups is 3. The fraction of sp³-hybridized carbons (Fsp3) is 0.417. The smallest absolute Gasteiger partial charge is 0.237 e. The molecule has 0 aliphatic heterocycles. The van der Waals surface area contributed by atoms with Crippen LogP contribution in [-0.2, 0) is 4.57 Å². The van der Waals surface area contributed by atoms with Crippen LogP contribution >= 0.6 is 7.14 Å². The molecule has 0 amide bonds. The van der Waals surface area contributed by atoms with Gasteiger partial charge in [-0.2, -0.15) is 0 Å². The summed E-state index contributed by atoms with van der Waals surface area (Å²) in [7, 11) is 0.487. The Balaban J connectivity index is 2.55. The predicted octanol–water partition coefficient (Wildman–Crippen LogP) is 8.31. The zero-order valence-electron chi connectivity index (χ0n) is 28.2. The number of carbonyl (C=O) groups excluding carboxylic acids is 3. The van der Waals surface area contributed by atoms with Gasteiger partial charge in [-0.3, -0.25) is 14.4 Å². The first-order chi connectivity index (χ1) is 21.1. The highest BCUT2D eigenvalue weighted by Crippen LogP contribution is 2.63. The third kappa shape index (κ3) is 7.01. The molecule has 0 bridgehead atoms. The van der Waals surface area contributed by atoms with E-state index in [2.05, 4.69) is 0 Å². The molecule has 0 aliphatic rings. The number of ether oxygens (including phenoxy) is 4. The van der Waals surface area contributed by atoms with Crippen LogP contribution in [0.4, 0.5) is 0 Å². The summed E-state index contributed by atoms with van der Waals surface area (Å²) in [6, 6.07) is 13.1. The van der Waals surface area contributed by atoms with Gasteiger partial charge in [-0.15, -0.1) is 0 Å². The van der Waals surface area contributed by atoms with Crippen LogP contribution < -0.4 is 18.9 Å². The third-order valence-corrected chi connectivity index (χ3v) is 11.1. The second kappa shape index (κ2) is 14.0. The van der Waals surface area contributed by atoms with Crippen LogP contribution in [0.25, 0.3) is 0 Å². The third-order valence-electron chi connectivity index (χ3n) is 7.94. The maximum Gasteiger partial charge on any atom is 0.237 e. The highest BCUT2D eigenvalue weighted by Gasteiger charge is 2.56. The van der Waals surface area contributed by atoms with Gasteiger partial charge in [-0.25, -0.2) is 0 Å². The van der Waals surface area contributed by atoms with Crippen molar-refractivity contribution in [2.24, 2.45) is 11.3 Å². The number of benzene rings is 3. The van der Waals surface area contributed by atoms with Crippen molar-refractivity contribution in [1.29, 1.82) is 0 Å². The van der Waals surface area contributed by atoms with Gasteiger partial charge in [0.2, 0.25) is 18.2 Å². The molecule has 2 unspecified atom stereocenters. The lowest BCUT2D eigenvalue weighted by molar-refractivity contribution is 0.0930. The normalized spacial score (nSPS) is 13.0. The first kappa shape index (κ1) is 35.6. The van der Waals surface area contributed by atoms with Crippen LogP contribution in [0.15, 0.2) is 48.5 Å². The quantitative estimate of drug-likeness (QED) is 0.136. The molecule has 0 heterocycles. The van der Waals surface area contributed by atoms with Gasteiger partial charge in [0.05, 0.1) is 34.1 Å². The molecule has 242 valence electrons. The van der Waals surface area contributed by atoms with Gasteiger partial charge in [0, 0.05) is 5.56 Å². The number of methoxy groups -OCH3 is 4. The van der Waals surface area contributed by atoms with Crippen molar-refractivity contribution >= 4 is 24.0 Å². The molecule has 0 radical (unpaired) electrons. The molecule has 0 fully saturated rings. The SMILES string of the molecule is COc1cccc(OC)c1C(=O)P(=O)(C(=O)c1c(OC)cccc1OC)C(C(=O)c1c(C)cc(C)cc1C)C(C)CC(C)(C)C. The Labute approximate surface area is 266 Å². The van der Waals surface area contributed by atoms with E-state index in [0.717, 1.165) is 5.56 Å². The Kier molecular flexibility index (Phi) is 11.1. The van der Waals surface area contributed by atoms with Gasteiger partial charge in [0.15, 0.2) is 5.78 Å². The number of hydrogen-bond acceptors (Lipinski definition) is 8. The summed E-state index contributed by atoms with van der Waals surface area (Å²) in [4.78, 5) is 45.0. The van der Waals surface area contributed by atoms with Crippen molar-refractivity contribution in [3.63, 3.8) is 0 Å². The fourth-order valence-electron chi connectivity index (χ4n) is 6.38. The molecule has 0 aliphatic carbocycles. The predicted molar refractivity (Wildman–Crippen MR) is 177 cm³/mol. The number of hydrogen-bond donors (Lipinski definition) is 0. The van der Waals surface area contributed by atoms with Crippen LogP contribution in [0.5, 0.6) is 23.0 Å². The summed E-state index contributed by atoms with van der Waals surface area (Å²) in [6.07, 6.45) is 0.393. The summed E-state index contributed by atoms with van der Waals surface area (Å²) in [5, 5.41) is 0. The van der Waals surface area contributed by atoms with Crippen molar-refractivity contribution in [1.82, 2.24) is 0 Å². The first-order valence-corrected chi connectivity index (χ1v) is 16.6. The summed E-state index contributed by atoms with van der Waals surface area (Å²) in [5.74, 6) is -0.936. The highest BCUT2D eigenvalue weighted by molar-refractivity contribution is 7.96. The van der Waals surface area contributed by atoms with Gasteiger partial charge in [0.25, 0.3) is 0 Å². The van der Waals surface area contributed by atoms with E-state index < -0.39 is 35.6 Å². The van der Waals surface area contributed by atoms with E-state index in [-0.39, 0.29) is 39.5 Å². The molecule has 0 saturated carbocycles. The molecule has 45 heavy (non-hydrogen) atoms. The first-order valence-electron chi connectivity index (χ1n) is 14.8. The van der Waals surface area contributed by atoms with E-state index in [1.54, 1.807) is 32.9 Å². The van der Waals surface area contributed by atoms with Crippen LogP contribution in [0.3, 0.4) is 0 Å². The molecule has 8 nitrogen and oxygen atoms in total. The van der Waals surface area contributed by atoms with Crippen molar-refractivity contribution in [3.8, 4) is 23.0 Å². The largest absolute Gasteiger partial charge is 0.496 e. The minimum absolute atomic E-state index is 0.0664. The monoisotopic (exact) mass is 636 g/mol. The molecule has 0 aromatic heterocycles. The van der Waals surface area contributed by atoms with Crippen molar-refractivity contribution in [3.05, 3.63) is 81.9 Å². The maximum absolute atomic E-state index is 16.1. The minimum atomic E-state index is -4.98. The van der Waals surface area contributed by atoms with E-state index in [1.165, 1.54) is 52.7 Å². The van der Waals surface area contributed by atoms with Crippen molar-refractivity contribution in [2.75, 3.05) is 28.4 Å². The maximum atomic E-state index is 16.1. The van der Waals surface area contributed by atoms with E-state index in [0.29, 0.717) is 23.1 Å². The highest BCUT2D eigenvalue weighted by atomic mass is 31.2. The Bertz CT molecular complexity index is 1510. The van der Waals surface area contributed by atoms with E-state index in [4.69, 9.17) is 18.9 Å². The van der Waals surface area contributed by atoms with Gasteiger partial charge in [-0.1, -0.05) is 57.5 Å². The van der Waals surface area contributed by atoms with E-state index in [9.17, 15) is 4.79 Å². The number of Topliss-reactive ketones (excluding diaryl/α,β-unsaturated/α-hetero) is 1. The topological polar surface area (TPSA) is 105 Å². The van der Waals surface area contributed by atoms with E-state index in [1.807, 2.05) is 39.8 Å². The Morgan fingerprint density at radius 2 is 1.04 bits per heavy atom. The second-order valence-corrected chi connectivity index (χ2v) is 15.4. The lowest BCUT2D eigenvalue weighted by Gasteiger charge is -2.34. The summed E-state index contributed by atoms with van der Waals surface area (Å²) < 4.78 is 38.2. The van der Waals surface area contributed by atoms with Crippen molar-refractivity contribution in [2.45, 2.75) is 60.5 Å². The zero-order valence-corrected chi connectivity index (χ0v) is 29.1.